The molecule has 1 aromatic rings. The summed E-state index contributed by atoms with van der Waals surface area (Å²) in [7, 11) is 1.64. The van der Waals surface area contributed by atoms with Gasteiger partial charge in [0, 0.05) is 12.1 Å². The van der Waals surface area contributed by atoms with Crippen LogP contribution in [0.1, 0.15) is 23.2 Å². The fourth-order valence-electron chi connectivity index (χ4n) is 2.00. The molecule has 16 heavy (non-hydrogen) atoms. The molecule has 1 atom stereocenters. The summed E-state index contributed by atoms with van der Waals surface area (Å²) >= 11 is 2.45. The van der Waals surface area contributed by atoms with Crippen molar-refractivity contribution in [1.29, 1.82) is 0 Å². The van der Waals surface area contributed by atoms with Crippen LogP contribution in [0.15, 0.2) is 18.2 Å². The van der Waals surface area contributed by atoms with E-state index in [0.717, 1.165) is 24.3 Å². The van der Waals surface area contributed by atoms with Crippen LogP contribution in [-0.4, -0.2) is 24.0 Å². The maximum atomic E-state index is 10.7. The molecule has 0 spiro atoms. The molecule has 2 rings (SSSR count). The third-order valence-electron chi connectivity index (χ3n) is 2.83. The molecule has 1 saturated heterocycles. The lowest BCUT2D eigenvalue weighted by Crippen LogP contribution is -2.24. The quantitative estimate of drug-likeness (QED) is 0.369. The summed E-state index contributed by atoms with van der Waals surface area (Å²) in [5.41, 5.74) is 1.75. The van der Waals surface area contributed by atoms with Crippen molar-refractivity contribution in [3.05, 3.63) is 23.8 Å². The molecule has 0 amide bonds. The molecule has 0 aromatic heterocycles. The topological polar surface area (TPSA) is 29.5 Å². The second-order valence-corrected chi connectivity index (χ2v) is 5.26. The number of carbonyl (C=O) groups excluding carboxylic acids is 1. The number of rotatable bonds is 3. The molecule has 1 heterocycles. The number of nitrogens with zero attached hydrogens (tertiary/aromatic N) is 1. The van der Waals surface area contributed by atoms with Crippen molar-refractivity contribution in [2.45, 2.75) is 16.9 Å². The first-order valence-corrected chi connectivity index (χ1v) is 6.54. The number of benzene rings is 1. The minimum absolute atomic E-state index is 0.522. The van der Waals surface area contributed by atoms with Gasteiger partial charge in [0.2, 0.25) is 0 Å². The van der Waals surface area contributed by atoms with Gasteiger partial charge in [-0.3, -0.25) is 4.79 Å². The number of aldehydes is 1. The summed E-state index contributed by atoms with van der Waals surface area (Å²) < 4.78 is 5.87. The van der Waals surface area contributed by atoms with E-state index in [2.05, 4.69) is 27.5 Å². The largest absolute Gasteiger partial charge is 0.495 e. The van der Waals surface area contributed by atoms with Gasteiger partial charge < -0.3 is 9.64 Å². The molecule has 1 aromatic carbocycles. The number of methoxy groups -OCH3 is 1. The molecular weight excluding hydrogens is 317 g/mol. The minimum Gasteiger partial charge on any atom is -0.495 e. The molecule has 1 fully saturated rings. The number of anilines is 1. The number of hydrogen-bond acceptors (Lipinski definition) is 3. The second-order valence-electron chi connectivity index (χ2n) is 3.82. The van der Waals surface area contributed by atoms with Gasteiger partial charge in [0.15, 0.2) is 0 Å². The van der Waals surface area contributed by atoms with Crippen LogP contribution in [0.5, 0.6) is 5.75 Å². The Balaban J connectivity index is 2.36. The molecule has 86 valence electrons. The fraction of sp³-hybridized carbons (Fsp3) is 0.417. The number of carbonyl (C=O) groups is 1. The van der Waals surface area contributed by atoms with E-state index in [1.165, 1.54) is 12.8 Å². The standard InChI is InChI=1S/C12H14INO2/c1-16-11-7-9(8-15)4-5-10(11)14-6-2-3-12(14)13/h4-5,7-8,12H,2-3,6H2,1H3. The first-order valence-electron chi connectivity index (χ1n) is 5.30. The van der Waals surface area contributed by atoms with Crippen LogP contribution in [0, 0.1) is 0 Å². The van der Waals surface area contributed by atoms with Gasteiger partial charge in [-0.1, -0.05) is 22.6 Å². The minimum atomic E-state index is 0.522. The SMILES string of the molecule is COc1cc(C=O)ccc1N1CCCC1I. The van der Waals surface area contributed by atoms with Gasteiger partial charge in [-0.2, -0.15) is 0 Å². The molecule has 1 unspecified atom stereocenters. The summed E-state index contributed by atoms with van der Waals surface area (Å²) in [5.74, 6) is 0.785. The monoisotopic (exact) mass is 331 g/mol. The number of hydrogen-bond donors (Lipinski definition) is 0. The lowest BCUT2D eigenvalue weighted by Gasteiger charge is -2.24. The van der Waals surface area contributed by atoms with E-state index in [0.29, 0.717) is 9.61 Å². The van der Waals surface area contributed by atoms with E-state index in [4.69, 9.17) is 4.74 Å². The molecule has 0 bridgehead atoms. The zero-order valence-corrected chi connectivity index (χ0v) is 11.3. The van der Waals surface area contributed by atoms with Gasteiger partial charge in [0.05, 0.1) is 16.8 Å². The van der Waals surface area contributed by atoms with Crippen molar-refractivity contribution in [2.24, 2.45) is 0 Å². The lowest BCUT2D eigenvalue weighted by atomic mass is 10.2. The predicted molar refractivity (Wildman–Crippen MR) is 72.8 cm³/mol. The Kier molecular flexibility index (Phi) is 3.68. The first-order chi connectivity index (χ1) is 7.76. The molecule has 4 heteroatoms. The van der Waals surface area contributed by atoms with Crippen LogP contribution >= 0.6 is 22.6 Å². The van der Waals surface area contributed by atoms with Crippen molar-refractivity contribution in [3.8, 4) is 5.75 Å². The maximum Gasteiger partial charge on any atom is 0.150 e. The van der Waals surface area contributed by atoms with E-state index >= 15 is 0 Å². The number of halogens is 1. The molecule has 0 N–H and O–H groups in total. The van der Waals surface area contributed by atoms with Gasteiger partial charge in [0.1, 0.15) is 12.0 Å². The average Bonchev–Trinajstić information content (AvgIpc) is 2.74. The van der Waals surface area contributed by atoms with E-state index in [-0.39, 0.29) is 0 Å². The lowest BCUT2D eigenvalue weighted by molar-refractivity contribution is 0.112. The van der Waals surface area contributed by atoms with Crippen LogP contribution in [0.25, 0.3) is 0 Å². The maximum absolute atomic E-state index is 10.7. The van der Waals surface area contributed by atoms with Crippen molar-refractivity contribution >= 4 is 34.6 Å². The van der Waals surface area contributed by atoms with Crippen LogP contribution in [0.4, 0.5) is 5.69 Å². The molecule has 1 aliphatic rings. The molecular formula is C12H14INO2. The Morgan fingerprint density at radius 2 is 2.38 bits per heavy atom. The average molecular weight is 331 g/mol. The molecule has 0 aliphatic carbocycles. The van der Waals surface area contributed by atoms with Crippen LogP contribution < -0.4 is 9.64 Å². The summed E-state index contributed by atoms with van der Waals surface area (Å²) in [5, 5.41) is 0. The zero-order chi connectivity index (χ0) is 11.5. The normalized spacial score (nSPS) is 19.9. The highest BCUT2D eigenvalue weighted by Gasteiger charge is 2.24. The number of alkyl halides is 1. The van der Waals surface area contributed by atoms with E-state index in [9.17, 15) is 4.79 Å². The highest BCUT2D eigenvalue weighted by atomic mass is 127. The summed E-state index contributed by atoms with van der Waals surface area (Å²) in [6.07, 6.45) is 3.27. The summed E-state index contributed by atoms with van der Waals surface area (Å²) in [4.78, 5) is 13.0. The predicted octanol–water partition coefficient (Wildman–Crippen LogP) is 2.87. The highest BCUT2D eigenvalue weighted by Crippen LogP contribution is 2.36. The summed E-state index contributed by atoms with van der Waals surface area (Å²) in [6, 6.07) is 5.61. The van der Waals surface area contributed by atoms with Gasteiger partial charge in [-0.25, -0.2) is 0 Å². The molecule has 3 nitrogen and oxygen atoms in total. The smallest absolute Gasteiger partial charge is 0.150 e. The number of ether oxygens (including phenoxy) is 1. The fourth-order valence-corrected chi connectivity index (χ4v) is 3.02. The first kappa shape index (κ1) is 11.7. The van der Waals surface area contributed by atoms with Crippen molar-refractivity contribution in [2.75, 3.05) is 18.6 Å². The van der Waals surface area contributed by atoms with Crippen LogP contribution in [-0.2, 0) is 0 Å². The van der Waals surface area contributed by atoms with Crippen molar-refractivity contribution in [1.82, 2.24) is 0 Å². The third kappa shape index (κ3) is 2.16. The second kappa shape index (κ2) is 5.03. The Hall–Kier alpha value is -0.780. The van der Waals surface area contributed by atoms with Gasteiger partial charge in [0.25, 0.3) is 0 Å². The molecule has 1 aliphatic heterocycles. The Bertz CT molecular complexity index is 395. The van der Waals surface area contributed by atoms with Crippen LogP contribution in [0.3, 0.4) is 0 Å². The van der Waals surface area contributed by atoms with Gasteiger partial charge in [-0.15, -0.1) is 0 Å². The van der Waals surface area contributed by atoms with Gasteiger partial charge in [-0.05, 0) is 31.0 Å². The van der Waals surface area contributed by atoms with Crippen molar-refractivity contribution in [3.63, 3.8) is 0 Å². The van der Waals surface area contributed by atoms with E-state index < -0.39 is 0 Å². The van der Waals surface area contributed by atoms with E-state index in [1.807, 2.05) is 12.1 Å². The van der Waals surface area contributed by atoms with Crippen molar-refractivity contribution < 1.29 is 9.53 Å². The Labute approximate surface area is 109 Å². The third-order valence-corrected chi connectivity index (χ3v) is 4.12. The summed E-state index contributed by atoms with van der Waals surface area (Å²) in [6.45, 7) is 1.06. The van der Waals surface area contributed by atoms with Crippen LogP contribution in [0.2, 0.25) is 0 Å². The highest BCUT2D eigenvalue weighted by molar-refractivity contribution is 14.1. The molecule has 0 radical (unpaired) electrons. The van der Waals surface area contributed by atoms with E-state index in [1.54, 1.807) is 13.2 Å². The Morgan fingerprint density at radius 1 is 1.56 bits per heavy atom. The Morgan fingerprint density at radius 3 is 2.94 bits per heavy atom. The molecule has 0 saturated carbocycles. The zero-order valence-electron chi connectivity index (χ0n) is 9.15. The van der Waals surface area contributed by atoms with Gasteiger partial charge >= 0.3 is 0 Å².